The Morgan fingerprint density at radius 1 is 1.43 bits per heavy atom. The van der Waals surface area contributed by atoms with Crippen molar-refractivity contribution in [3.8, 4) is 0 Å². The van der Waals surface area contributed by atoms with E-state index < -0.39 is 50.7 Å². The second-order valence-electron chi connectivity index (χ2n) is 6.53. The number of halogens is 1. The first-order chi connectivity index (χ1) is 14.2. The van der Waals surface area contributed by atoms with Gasteiger partial charge in [0.25, 0.3) is 0 Å². The summed E-state index contributed by atoms with van der Waals surface area (Å²) < 4.78 is 23.8. The molecule has 0 amide bonds. The molecular formula is C14H15BBrN5O8P+. The van der Waals surface area contributed by atoms with Gasteiger partial charge in [-0.3, -0.25) is 14.2 Å². The summed E-state index contributed by atoms with van der Waals surface area (Å²) in [5, 5.41) is 8.80. The lowest BCUT2D eigenvalue weighted by Crippen LogP contribution is -2.42. The van der Waals surface area contributed by atoms with E-state index in [1.54, 1.807) is 0 Å². The fraction of sp³-hybridized carbons (Fsp3) is 0.500. The number of nitrogen functional groups attached to an aromatic ring is 1. The van der Waals surface area contributed by atoms with Gasteiger partial charge in [0, 0.05) is 0 Å². The van der Waals surface area contributed by atoms with Crippen molar-refractivity contribution in [2.45, 2.75) is 37.4 Å². The summed E-state index contributed by atoms with van der Waals surface area (Å²) >= 11 is 3.31. The summed E-state index contributed by atoms with van der Waals surface area (Å²) in [6.45, 7) is -0.105. The Labute approximate surface area is 178 Å². The van der Waals surface area contributed by atoms with Crippen LogP contribution in [0, 0.1) is 0 Å². The summed E-state index contributed by atoms with van der Waals surface area (Å²) in [6.07, 6.45) is -3.37. The van der Waals surface area contributed by atoms with Gasteiger partial charge in [-0.1, -0.05) is 0 Å². The SMILES string of the molecule is [B][P+]1(O)OC[C@H]2O[C@@H](n3c(Br)nc4c(N)ncnc43)[C@@H](OC(=O)CCC(=O)O)C2O1. The van der Waals surface area contributed by atoms with Crippen LogP contribution in [0.3, 0.4) is 0 Å². The maximum absolute atomic E-state index is 12.3. The van der Waals surface area contributed by atoms with E-state index in [4.69, 9.17) is 36.9 Å². The van der Waals surface area contributed by atoms with Gasteiger partial charge in [0.05, 0.1) is 12.8 Å². The molecule has 2 radical (unpaired) electrons. The van der Waals surface area contributed by atoms with Gasteiger partial charge in [-0.25, -0.2) is 19.8 Å². The highest BCUT2D eigenvalue weighted by molar-refractivity contribution is 9.10. The van der Waals surface area contributed by atoms with Crippen molar-refractivity contribution in [2.24, 2.45) is 0 Å². The molecule has 0 aliphatic carbocycles. The lowest BCUT2D eigenvalue weighted by Gasteiger charge is -2.29. The lowest BCUT2D eigenvalue weighted by atomic mass is 10.1. The smallest absolute Gasteiger partial charge is 0.481 e. The molecule has 158 valence electrons. The van der Waals surface area contributed by atoms with Crippen molar-refractivity contribution in [1.82, 2.24) is 19.5 Å². The third kappa shape index (κ3) is 4.00. The zero-order valence-electron chi connectivity index (χ0n) is 15.1. The molecule has 2 saturated heterocycles. The van der Waals surface area contributed by atoms with E-state index in [9.17, 15) is 14.5 Å². The number of nitrogens with two attached hydrogens (primary N) is 1. The van der Waals surface area contributed by atoms with Crippen LogP contribution in [-0.4, -0.2) is 73.9 Å². The molecule has 30 heavy (non-hydrogen) atoms. The van der Waals surface area contributed by atoms with E-state index >= 15 is 0 Å². The molecule has 2 aliphatic rings. The molecule has 2 aromatic rings. The third-order valence-corrected chi connectivity index (χ3v) is 6.13. The van der Waals surface area contributed by atoms with Gasteiger partial charge in [0.15, 0.2) is 40.2 Å². The molecule has 4 N–H and O–H groups in total. The quantitative estimate of drug-likeness (QED) is 0.217. The number of aliphatic carboxylic acids is 1. The number of carboxylic acids is 1. The first kappa shape index (κ1) is 21.3. The van der Waals surface area contributed by atoms with Crippen LogP contribution in [0.1, 0.15) is 19.1 Å². The van der Waals surface area contributed by atoms with E-state index in [2.05, 4.69) is 30.9 Å². The largest absolute Gasteiger partial charge is 0.488 e. The van der Waals surface area contributed by atoms with Crippen LogP contribution in [0.4, 0.5) is 5.82 Å². The minimum atomic E-state index is -3.64. The standard InChI is InChI=1S/C14H15BBrN5O8P/c15-30(25)26-3-5-9(29-30)10(28-7(24)2-1-6(22)23)13(27-5)21-12-8(20-14(21)16)11(17)18-4-19-12/h4-5,9-10,13,25H,1-3H2,(H,22,23)(H2,17,18,19)/q+1/t5-,9?,10+,13-,30?/m1/s1. The summed E-state index contributed by atoms with van der Waals surface area (Å²) in [5.74, 6) is -1.81. The predicted molar refractivity (Wildman–Crippen MR) is 104 cm³/mol. The highest BCUT2D eigenvalue weighted by Gasteiger charge is 2.59. The number of hydrogen-bond acceptors (Lipinski definition) is 11. The van der Waals surface area contributed by atoms with Crippen LogP contribution in [0.25, 0.3) is 11.2 Å². The van der Waals surface area contributed by atoms with E-state index in [1.807, 2.05) is 0 Å². The number of carboxylic acid groups (broad SMARTS) is 1. The van der Waals surface area contributed by atoms with Crippen molar-refractivity contribution >= 4 is 60.2 Å². The minimum Gasteiger partial charge on any atom is -0.481 e. The van der Waals surface area contributed by atoms with Gasteiger partial charge in [0.1, 0.15) is 19.0 Å². The Morgan fingerprint density at radius 2 is 2.20 bits per heavy atom. The molecule has 2 unspecified atom stereocenters. The van der Waals surface area contributed by atoms with Gasteiger partial charge >= 0.3 is 27.3 Å². The number of esters is 1. The summed E-state index contributed by atoms with van der Waals surface area (Å²) in [7, 11) is 1.98. The summed E-state index contributed by atoms with van der Waals surface area (Å²) in [6, 6.07) is 0. The molecule has 2 aliphatic heterocycles. The fourth-order valence-corrected chi connectivity index (χ4v) is 4.81. The maximum Gasteiger partial charge on any atom is 0.488 e. The molecule has 0 saturated carbocycles. The van der Waals surface area contributed by atoms with Crippen LogP contribution in [0.15, 0.2) is 11.1 Å². The van der Waals surface area contributed by atoms with Gasteiger partial charge < -0.3 is 20.3 Å². The number of hydrogen-bond donors (Lipinski definition) is 3. The predicted octanol–water partition coefficient (Wildman–Crippen LogP) is 0.0988. The van der Waals surface area contributed by atoms with Crippen LogP contribution >= 0.6 is 23.8 Å². The summed E-state index contributed by atoms with van der Waals surface area (Å²) in [5.41, 5.74) is 6.44. The monoisotopic (exact) mass is 502 g/mol. The Hall–Kier alpha value is -1.90. The average molecular weight is 503 g/mol. The molecule has 4 rings (SSSR count). The van der Waals surface area contributed by atoms with E-state index in [0.717, 1.165) is 0 Å². The Bertz CT molecular complexity index is 1010. The number of ether oxygens (including phenoxy) is 2. The van der Waals surface area contributed by atoms with Crippen LogP contribution in [0.5, 0.6) is 0 Å². The number of nitrogens with zero attached hydrogens (tertiary/aromatic N) is 4. The van der Waals surface area contributed by atoms with E-state index in [-0.39, 0.29) is 23.6 Å². The topological polar surface area (TPSA) is 181 Å². The van der Waals surface area contributed by atoms with Crippen LogP contribution in [0.2, 0.25) is 0 Å². The summed E-state index contributed by atoms with van der Waals surface area (Å²) in [4.78, 5) is 45.4. The molecule has 0 spiro atoms. The van der Waals surface area contributed by atoms with Gasteiger partial charge in [-0.2, -0.15) is 9.05 Å². The number of imidazole rings is 1. The molecule has 16 heteroatoms. The van der Waals surface area contributed by atoms with Gasteiger partial charge in [-0.15, -0.1) is 0 Å². The molecule has 5 atom stereocenters. The van der Waals surface area contributed by atoms with Gasteiger partial charge in [-0.05, 0) is 15.9 Å². The Morgan fingerprint density at radius 3 is 2.93 bits per heavy atom. The van der Waals surface area contributed by atoms with Crippen molar-refractivity contribution in [3.05, 3.63) is 11.1 Å². The molecule has 13 nitrogen and oxygen atoms in total. The number of carbonyl (C=O) groups excluding carboxylic acids is 1. The Balaban J connectivity index is 1.70. The number of fused-ring (bicyclic) bond motifs is 2. The van der Waals surface area contributed by atoms with Gasteiger partial charge in [0.2, 0.25) is 0 Å². The van der Waals surface area contributed by atoms with Crippen molar-refractivity contribution < 1.29 is 38.1 Å². The maximum atomic E-state index is 12.3. The van der Waals surface area contributed by atoms with E-state index in [0.29, 0.717) is 11.2 Å². The number of carbonyl (C=O) groups is 2. The lowest BCUT2D eigenvalue weighted by molar-refractivity contribution is -0.159. The zero-order chi connectivity index (χ0) is 21.6. The molecule has 0 bridgehead atoms. The highest BCUT2D eigenvalue weighted by atomic mass is 79.9. The zero-order valence-corrected chi connectivity index (χ0v) is 17.6. The first-order valence-electron chi connectivity index (χ1n) is 8.60. The fourth-order valence-electron chi connectivity index (χ4n) is 3.23. The number of aromatic nitrogens is 4. The molecule has 0 aromatic carbocycles. The van der Waals surface area contributed by atoms with Crippen molar-refractivity contribution in [1.29, 1.82) is 0 Å². The second kappa shape index (κ2) is 7.98. The normalized spacial score (nSPS) is 30.9. The van der Waals surface area contributed by atoms with Crippen molar-refractivity contribution in [3.63, 3.8) is 0 Å². The van der Waals surface area contributed by atoms with Crippen LogP contribution in [-0.2, 0) is 28.1 Å². The molecule has 2 fully saturated rings. The highest BCUT2D eigenvalue weighted by Crippen LogP contribution is 2.59. The minimum absolute atomic E-state index is 0.105. The molecular weight excluding hydrogens is 488 g/mol. The van der Waals surface area contributed by atoms with Crippen LogP contribution < -0.4 is 5.73 Å². The van der Waals surface area contributed by atoms with E-state index in [1.165, 1.54) is 10.9 Å². The number of anilines is 1. The second-order valence-corrected chi connectivity index (χ2v) is 8.83. The average Bonchev–Trinajstić information content (AvgIpc) is 3.17. The molecule has 2 aromatic heterocycles. The Kier molecular flexibility index (Phi) is 5.68. The first-order valence-corrected chi connectivity index (χ1v) is 11.0. The van der Waals surface area contributed by atoms with Crippen molar-refractivity contribution in [2.75, 3.05) is 12.3 Å². The number of rotatable bonds is 5. The third-order valence-electron chi connectivity index (χ3n) is 4.51. The molecule has 4 heterocycles.